The van der Waals surface area contributed by atoms with Crippen LogP contribution >= 0.6 is 0 Å². The first-order valence-corrected chi connectivity index (χ1v) is 9.16. The molecule has 2 N–H and O–H groups in total. The highest BCUT2D eigenvalue weighted by Gasteiger charge is 2.16. The number of para-hydroxylation sites is 1. The fraction of sp³-hybridized carbons (Fsp3) is 0.227. The highest BCUT2D eigenvalue weighted by Crippen LogP contribution is 2.18. The van der Waals surface area contributed by atoms with E-state index < -0.39 is 0 Å². The van der Waals surface area contributed by atoms with Gasteiger partial charge in [-0.15, -0.1) is 0 Å². The molecule has 144 valence electrons. The van der Waals surface area contributed by atoms with Gasteiger partial charge in [0.15, 0.2) is 5.78 Å². The molecule has 0 saturated heterocycles. The smallest absolute Gasteiger partial charge is 0.240 e. The van der Waals surface area contributed by atoms with E-state index in [1.54, 1.807) is 24.3 Å². The van der Waals surface area contributed by atoms with Gasteiger partial charge in [-0.05, 0) is 37.1 Å². The lowest BCUT2D eigenvalue weighted by atomic mass is 10.1. The predicted molar refractivity (Wildman–Crippen MR) is 109 cm³/mol. The van der Waals surface area contributed by atoms with Crippen molar-refractivity contribution in [3.05, 3.63) is 65.9 Å². The second-order valence-corrected chi connectivity index (χ2v) is 6.67. The Hall–Kier alpha value is -3.41. The van der Waals surface area contributed by atoms with Crippen LogP contribution in [-0.2, 0) is 16.0 Å². The van der Waals surface area contributed by atoms with Gasteiger partial charge in [-0.3, -0.25) is 14.4 Å². The Morgan fingerprint density at radius 3 is 2.57 bits per heavy atom. The predicted octanol–water partition coefficient (Wildman–Crippen LogP) is 3.08. The molecule has 0 spiro atoms. The zero-order valence-electron chi connectivity index (χ0n) is 16.0. The van der Waals surface area contributed by atoms with Crippen molar-refractivity contribution in [3.63, 3.8) is 0 Å². The van der Waals surface area contributed by atoms with E-state index in [-0.39, 0.29) is 24.1 Å². The fourth-order valence-electron chi connectivity index (χ4n) is 3.15. The van der Waals surface area contributed by atoms with E-state index in [9.17, 15) is 14.4 Å². The number of ketones is 1. The van der Waals surface area contributed by atoms with Crippen LogP contribution in [0.25, 0.3) is 10.9 Å². The number of carbonyl (C=O) groups excluding carboxylic acids is 3. The summed E-state index contributed by atoms with van der Waals surface area (Å²) in [5.41, 5.74) is 3.24. The summed E-state index contributed by atoms with van der Waals surface area (Å²) in [5.74, 6) is -0.593. The van der Waals surface area contributed by atoms with Gasteiger partial charge in [0, 0.05) is 41.8 Å². The third-order valence-electron chi connectivity index (χ3n) is 4.64. The number of anilines is 1. The van der Waals surface area contributed by atoms with Gasteiger partial charge in [-0.1, -0.05) is 30.3 Å². The van der Waals surface area contributed by atoms with Crippen LogP contribution in [0, 0.1) is 0 Å². The molecule has 0 fully saturated rings. The number of Topliss-reactive ketones (excluding diaryl/α,β-unsaturated/α-hetero) is 1. The first-order valence-electron chi connectivity index (χ1n) is 9.16. The molecule has 6 nitrogen and oxygen atoms in total. The molecule has 1 heterocycles. The van der Waals surface area contributed by atoms with Crippen molar-refractivity contribution in [1.29, 1.82) is 0 Å². The Kier molecular flexibility index (Phi) is 5.89. The molecule has 0 aliphatic rings. The third kappa shape index (κ3) is 4.46. The number of benzene rings is 2. The van der Waals surface area contributed by atoms with Gasteiger partial charge in [0.1, 0.15) is 6.54 Å². The fourth-order valence-corrected chi connectivity index (χ4v) is 3.15. The molecule has 2 aromatic carbocycles. The number of rotatable bonds is 7. The molecule has 0 bridgehead atoms. The average molecular weight is 377 g/mol. The van der Waals surface area contributed by atoms with Gasteiger partial charge < -0.3 is 15.2 Å². The van der Waals surface area contributed by atoms with Crippen molar-refractivity contribution in [2.75, 3.05) is 18.0 Å². The molecule has 0 aliphatic heterocycles. The number of hydrogen-bond acceptors (Lipinski definition) is 3. The molecule has 28 heavy (non-hydrogen) atoms. The molecule has 0 atom stereocenters. The molecular weight excluding hydrogens is 354 g/mol. The van der Waals surface area contributed by atoms with Crippen molar-refractivity contribution in [3.8, 4) is 0 Å². The molecule has 6 heteroatoms. The van der Waals surface area contributed by atoms with Crippen LogP contribution in [-0.4, -0.2) is 35.7 Å². The van der Waals surface area contributed by atoms with E-state index in [1.165, 1.54) is 18.7 Å². The SMILES string of the molecule is CC(=O)c1cccc(N(CC(=O)NCCc2c[nH]c3ccccc23)C(C)=O)c1. The first kappa shape index (κ1) is 19.4. The molecule has 3 rings (SSSR count). The van der Waals surface area contributed by atoms with Gasteiger partial charge in [0.25, 0.3) is 0 Å². The van der Waals surface area contributed by atoms with E-state index in [4.69, 9.17) is 0 Å². The minimum Gasteiger partial charge on any atom is -0.361 e. The second kappa shape index (κ2) is 8.52. The number of carbonyl (C=O) groups is 3. The van der Waals surface area contributed by atoms with Crippen molar-refractivity contribution in [1.82, 2.24) is 10.3 Å². The number of amides is 2. The minimum absolute atomic E-state index is 0.0893. The molecular formula is C22H23N3O3. The van der Waals surface area contributed by atoms with Crippen molar-refractivity contribution >= 4 is 34.2 Å². The van der Waals surface area contributed by atoms with E-state index >= 15 is 0 Å². The van der Waals surface area contributed by atoms with Gasteiger partial charge in [0.2, 0.25) is 11.8 Å². The maximum Gasteiger partial charge on any atom is 0.240 e. The topological polar surface area (TPSA) is 82.3 Å². The zero-order valence-corrected chi connectivity index (χ0v) is 16.0. The zero-order chi connectivity index (χ0) is 20.1. The van der Waals surface area contributed by atoms with E-state index in [1.807, 2.05) is 30.5 Å². The van der Waals surface area contributed by atoms with Crippen molar-refractivity contribution < 1.29 is 14.4 Å². The Labute approximate surface area is 163 Å². The van der Waals surface area contributed by atoms with Crippen LogP contribution in [0.15, 0.2) is 54.7 Å². The van der Waals surface area contributed by atoms with Crippen LogP contribution in [0.5, 0.6) is 0 Å². The van der Waals surface area contributed by atoms with Crippen LogP contribution in [0.2, 0.25) is 0 Å². The van der Waals surface area contributed by atoms with Crippen LogP contribution in [0.4, 0.5) is 5.69 Å². The number of H-pyrrole nitrogens is 1. The summed E-state index contributed by atoms with van der Waals surface area (Å²) in [5, 5.41) is 4.01. The van der Waals surface area contributed by atoms with Crippen LogP contribution in [0.1, 0.15) is 29.8 Å². The lowest BCUT2D eigenvalue weighted by Crippen LogP contribution is -2.40. The quantitative estimate of drug-likeness (QED) is 0.621. The summed E-state index contributed by atoms with van der Waals surface area (Å²) in [6.07, 6.45) is 2.64. The Morgan fingerprint density at radius 2 is 1.82 bits per heavy atom. The molecule has 0 aliphatic carbocycles. The summed E-state index contributed by atoms with van der Waals surface area (Å²) in [6, 6.07) is 14.7. The largest absolute Gasteiger partial charge is 0.361 e. The molecule has 0 unspecified atom stereocenters. The Morgan fingerprint density at radius 1 is 1.04 bits per heavy atom. The highest BCUT2D eigenvalue weighted by molar-refractivity contribution is 6.00. The van der Waals surface area contributed by atoms with Gasteiger partial charge in [-0.25, -0.2) is 0 Å². The Balaban J connectivity index is 1.61. The molecule has 1 aromatic heterocycles. The number of hydrogen-bond donors (Lipinski definition) is 2. The normalized spacial score (nSPS) is 10.6. The third-order valence-corrected chi connectivity index (χ3v) is 4.64. The maximum atomic E-state index is 12.4. The minimum atomic E-state index is -0.257. The van der Waals surface area contributed by atoms with Gasteiger partial charge >= 0.3 is 0 Å². The molecule has 2 amide bonds. The summed E-state index contributed by atoms with van der Waals surface area (Å²) in [4.78, 5) is 40.5. The molecule has 3 aromatic rings. The number of nitrogens with one attached hydrogen (secondary N) is 2. The van der Waals surface area contributed by atoms with E-state index in [0.29, 0.717) is 24.2 Å². The maximum absolute atomic E-state index is 12.4. The number of aromatic nitrogens is 1. The summed E-state index contributed by atoms with van der Waals surface area (Å²) < 4.78 is 0. The van der Waals surface area contributed by atoms with Crippen LogP contribution in [0.3, 0.4) is 0 Å². The monoisotopic (exact) mass is 377 g/mol. The summed E-state index contributed by atoms with van der Waals surface area (Å²) in [6.45, 7) is 3.25. The van der Waals surface area contributed by atoms with Gasteiger partial charge in [-0.2, -0.15) is 0 Å². The Bertz CT molecular complexity index is 1020. The summed E-state index contributed by atoms with van der Waals surface area (Å²) in [7, 11) is 0. The average Bonchev–Trinajstić information content (AvgIpc) is 3.09. The number of aromatic amines is 1. The van der Waals surface area contributed by atoms with Crippen molar-refractivity contribution in [2.45, 2.75) is 20.3 Å². The van der Waals surface area contributed by atoms with Crippen molar-refractivity contribution in [2.24, 2.45) is 0 Å². The standard InChI is InChI=1S/C22H23N3O3/c1-15(26)17-6-5-7-19(12-17)25(16(2)27)14-22(28)23-11-10-18-13-24-21-9-4-3-8-20(18)21/h3-9,12-13,24H,10-11,14H2,1-2H3,(H,23,28). The van der Waals surface area contributed by atoms with E-state index in [0.717, 1.165) is 16.5 Å². The van der Waals surface area contributed by atoms with E-state index in [2.05, 4.69) is 10.3 Å². The molecule has 0 saturated carbocycles. The lowest BCUT2D eigenvalue weighted by Gasteiger charge is -2.21. The highest BCUT2D eigenvalue weighted by atomic mass is 16.2. The number of fused-ring (bicyclic) bond motifs is 1. The van der Waals surface area contributed by atoms with Crippen LogP contribution < -0.4 is 10.2 Å². The second-order valence-electron chi connectivity index (χ2n) is 6.67. The first-order chi connectivity index (χ1) is 13.5. The number of nitrogens with zero attached hydrogens (tertiary/aromatic N) is 1. The summed E-state index contributed by atoms with van der Waals surface area (Å²) >= 11 is 0. The lowest BCUT2D eigenvalue weighted by molar-refractivity contribution is -0.123. The van der Waals surface area contributed by atoms with Gasteiger partial charge in [0.05, 0.1) is 0 Å². The molecule has 0 radical (unpaired) electrons.